The van der Waals surface area contributed by atoms with Gasteiger partial charge in [0.05, 0.1) is 16.3 Å². The van der Waals surface area contributed by atoms with Crippen LogP contribution in [0.1, 0.15) is 13.3 Å². The molecule has 0 amide bonds. The summed E-state index contributed by atoms with van der Waals surface area (Å²) in [7, 11) is 1.96. The first-order chi connectivity index (χ1) is 9.81. The number of hydrogen-bond donors (Lipinski definition) is 2. The van der Waals surface area contributed by atoms with Crippen molar-refractivity contribution in [2.24, 2.45) is 0 Å². The van der Waals surface area contributed by atoms with E-state index in [1.807, 2.05) is 14.1 Å². The van der Waals surface area contributed by atoms with Gasteiger partial charge in [-0.2, -0.15) is 0 Å². The monoisotopic (exact) mass is 314 g/mol. The maximum atomic E-state index is 11.9. The summed E-state index contributed by atoms with van der Waals surface area (Å²) in [4.78, 5) is 4.46. The third-order valence-corrected chi connectivity index (χ3v) is 4.64. The molecule has 0 atom stereocenters. The molecule has 0 unspecified atom stereocenters. The van der Waals surface area contributed by atoms with Crippen LogP contribution in [0.25, 0.3) is 0 Å². The Hall–Kier alpha value is -1.31. The molecule has 0 fully saturated rings. The van der Waals surface area contributed by atoms with Crippen LogP contribution in [0.4, 0.5) is 11.4 Å². The highest BCUT2D eigenvalue weighted by Gasteiger charge is 2.16. The number of nitrogens with zero attached hydrogens (tertiary/aromatic N) is 2. The number of nitrogens with two attached hydrogens (primary N) is 1. The zero-order chi connectivity index (χ0) is 16.0. The van der Waals surface area contributed by atoms with Crippen molar-refractivity contribution >= 4 is 21.4 Å². The largest absolute Gasteiger partial charge is 0.397 e. The second kappa shape index (κ2) is 7.63. The van der Waals surface area contributed by atoms with Crippen molar-refractivity contribution in [3.63, 3.8) is 0 Å². The van der Waals surface area contributed by atoms with Crippen molar-refractivity contribution in [1.29, 1.82) is 0 Å². The molecule has 0 aromatic heterocycles. The van der Waals surface area contributed by atoms with Gasteiger partial charge in [0.1, 0.15) is 0 Å². The van der Waals surface area contributed by atoms with E-state index in [0.717, 1.165) is 31.7 Å². The van der Waals surface area contributed by atoms with E-state index in [0.29, 0.717) is 5.69 Å². The van der Waals surface area contributed by atoms with E-state index < -0.39 is 10.0 Å². The molecular weight excluding hydrogens is 288 g/mol. The van der Waals surface area contributed by atoms with Crippen LogP contribution in [0.5, 0.6) is 0 Å². The fourth-order valence-corrected chi connectivity index (χ4v) is 2.78. The summed E-state index contributed by atoms with van der Waals surface area (Å²) in [5, 5.41) is 0. The topological polar surface area (TPSA) is 78.7 Å². The molecule has 120 valence electrons. The lowest BCUT2D eigenvalue weighted by atomic mass is 10.2. The van der Waals surface area contributed by atoms with E-state index in [1.165, 1.54) is 13.1 Å². The standard InChI is InChI=1S/C14H26N4O2S/c1-5-8-18(10-9-17(3)4)14-11-12(6-7-13(14)15)21(19,20)16-2/h6-7,11,16H,5,8-10,15H2,1-4H3. The van der Waals surface area contributed by atoms with E-state index in [-0.39, 0.29) is 4.90 Å². The number of anilines is 2. The minimum absolute atomic E-state index is 0.236. The molecule has 6 nitrogen and oxygen atoms in total. The van der Waals surface area contributed by atoms with E-state index in [9.17, 15) is 8.42 Å². The minimum Gasteiger partial charge on any atom is -0.397 e. The summed E-state index contributed by atoms with van der Waals surface area (Å²) in [6.07, 6.45) is 0.968. The summed E-state index contributed by atoms with van der Waals surface area (Å²) < 4.78 is 26.2. The molecule has 0 bridgehead atoms. The summed E-state index contributed by atoms with van der Waals surface area (Å²) in [6, 6.07) is 4.82. The Morgan fingerprint density at radius 3 is 2.38 bits per heavy atom. The number of nitrogens with one attached hydrogen (secondary N) is 1. The molecule has 1 aromatic carbocycles. The molecule has 3 N–H and O–H groups in total. The quantitative estimate of drug-likeness (QED) is 0.699. The predicted molar refractivity (Wildman–Crippen MR) is 88.2 cm³/mol. The lowest BCUT2D eigenvalue weighted by molar-refractivity contribution is 0.413. The highest BCUT2D eigenvalue weighted by molar-refractivity contribution is 7.89. The van der Waals surface area contributed by atoms with E-state index in [1.54, 1.807) is 12.1 Å². The molecule has 0 spiro atoms. The van der Waals surface area contributed by atoms with Crippen molar-refractivity contribution < 1.29 is 8.42 Å². The van der Waals surface area contributed by atoms with Gasteiger partial charge in [-0.25, -0.2) is 13.1 Å². The second-order valence-electron chi connectivity index (χ2n) is 5.22. The third-order valence-electron chi connectivity index (χ3n) is 3.23. The number of rotatable bonds is 8. The Labute approximate surface area is 128 Å². The van der Waals surface area contributed by atoms with Crippen molar-refractivity contribution in [2.75, 3.05) is 51.4 Å². The van der Waals surface area contributed by atoms with Crippen LogP contribution in [0.2, 0.25) is 0 Å². The second-order valence-corrected chi connectivity index (χ2v) is 7.11. The summed E-state index contributed by atoms with van der Waals surface area (Å²) >= 11 is 0. The Kier molecular flexibility index (Phi) is 6.44. The summed E-state index contributed by atoms with van der Waals surface area (Å²) in [6.45, 7) is 4.60. The molecule has 0 heterocycles. The van der Waals surface area contributed by atoms with Gasteiger partial charge in [-0.3, -0.25) is 0 Å². The van der Waals surface area contributed by atoms with Crippen LogP contribution in [0, 0.1) is 0 Å². The summed E-state index contributed by atoms with van der Waals surface area (Å²) in [5.74, 6) is 0. The molecule has 0 aliphatic heterocycles. The van der Waals surface area contributed by atoms with Gasteiger partial charge in [-0.15, -0.1) is 0 Å². The van der Waals surface area contributed by atoms with Gasteiger partial charge in [0.25, 0.3) is 0 Å². The maximum Gasteiger partial charge on any atom is 0.240 e. The summed E-state index contributed by atoms with van der Waals surface area (Å²) in [5.41, 5.74) is 7.41. The SMILES string of the molecule is CCCN(CCN(C)C)c1cc(S(=O)(=O)NC)ccc1N. The molecule has 0 saturated carbocycles. The molecule has 0 aliphatic carbocycles. The maximum absolute atomic E-state index is 11.9. The molecule has 21 heavy (non-hydrogen) atoms. The minimum atomic E-state index is -3.46. The molecule has 1 rings (SSSR count). The van der Waals surface area contributed by atoms with Crippen LogP contribution in [-0.2, 0) is 10.0 Å². The number of hydrogen-bond acceptors (Lipinski definition) is 5. The highest BCUT2D eigenvalue weighted by Crippen LogP contribution is 2.26. The third kappa shape index (κ3) is 4.87. The number of benzene rings is 1. The predicted octanol–water partition coefficient (Wildman–Crippen LogP) is 0.955. The lowest BCUT2D eigenvalue weighted by Crippen LogP contribution is -2.33. The van der Waals surface area contributed by atoms with Crippen LogP contribution < -0.4 is 15.4 Å². The average molecular weight is 314 g/mol. The molecule has 0 saturated heterocycles. The van der Waals surface area contributed by atoms with Gasteiger partial charge in [-0.1, -0.05) is 6.92 Å². The van der Waals surface area contributed by atoms with Crippen molar-refractivity contribution in [3.05, 3.63) is 18.2 Å². The smallest absolute Gasteiger partial charge is 0.240 e. The Morgan fingerprint density at radius 1 is 1.19 bits per heavy atom. The average Bonchev–Trinajstić information content (AvgIpc) is 2.43. The van der Waals surface area contributed by atoms with E-state index >= 15 is 0 Å². The van der Waals surface area contributed by atoms with Gasteiger partial charge in [0.2, 0.25) is 10.0 Å². The van der Waals surface area contributed by atoms with Crippen LogP contribution in [-0.4, -0.2) is 54.1 Å². The zero-order valence-corrected chi connectivity index (χ0v) is 14.1. The van der Waals surface area contributed by atoms with Crippen LogP contribution >= 0.6 is 0 Å². The van der Waals surface area contributed by atoms with Gasteiger partial charge in [-0.05, 0) is 45.8 Å². The van der Waals surface area contributed by atoms with E-state index in [2.05, 4.69) is 21.4 Å². The van der Waals surface area contributed by atoms with Crippen LogP contribution in [0.3, 0.4) is 0 Å². The van der Waals surface area contributed by atoms with E-state index in [4.69, 9.17) is 5.73 Å². The van der Waals surface area contributed by atoms with Crippen LogP contribution in [0.15, 0.2) is 23.1 Å². The van der Waals surface area contributed by atoms with Gasteiger partial charge in [0, 0.05) is 19.6 Å². The van der Waals surface area contributed by atoms with Gasteiger partial charge < -0.3 is 15.5 Å². The highest BCUT2D eigenvalue weighted by atomic mass is 32.2. The van der Waals surface area contributed by atoms with Gasteiger partial charge in [0.15, 0.2) is 0 Å². The first-order valence-electron chi connectivity index (χ1n) is 7.04. The number of likely N-dealkylation sites (N-methyl/N-ethyl adjacent to an activating group) is 1. The normalized spacial score (nSPS) is 11.9. The van der Waals surface area contributed by atoms with Crippen molar-refractivity contribution in [1.82, 2.24) is 9.62 Å². The molecule has 1 aromatic rings. The van der Waals surface area contributed by atoms with Crippen molar-refractivity contribution in [3.8, 4) is 0 Å². The van der Waals surface area contributed by atoms with Crippen molar-refractivity contribution in [2.45, 2.75) is 18.2 Å². The molecule has 0 radical (unpaired) electrons. The van der Waals surface area contributed by atoms with Gasteiger partial charge >= 0.3 is 0 Å². The zero-order valence-electron chi connectivity index (χ0n) is 13.3. The lowest BCUT2D eigenvalue weighted by Gasteiger charge is -2.27. The molecule has 0 aliphatic rings. The fourth-order valence-electron chi connectivity index (χ4n) is 2.03. The number of sulfonamides is 1. The first-order valence-corrected chi connectivity index (χ1v) is 8.53. The molecular formula is C14H26N4O2S. The first kappa shape index (κ1) is 17.7. The Balaban J connectivity index is 3.14. The fraction of sp³-hybridized carbons (Fsp3) is 0.571. The number of nitrogen functional groups attached to an aromatic ring is 1. The Bertz CT molecular complexity index is 558. The Morgan fingerprint density at radius 2 is 1.86 bits per heavy atom. The molecule has 7 heteroatoms.